The largest absolute Gasteiger partial charge is 0.480 e. The lowest BCUT2D eigenvalue weighted by atomic mass is 9.98. The Kier molecular flexibility index (Phi) is 5.82. The molecule has 170 valence electrons. The average molecular weight is 453 g/mol. The predicted molar refractivity (Wildman–Crippen MR) is 127 cm³/mol. The molecular weight excluding hydrogens is 430 g/mol. The second kappa shape index (κ2) is 9.23. The highest BCUT2D eigenvalue weighted by molar-refractivity contribution is 5.81. The van der Waals surface area contributed by atoms with E-state index in [9.17, 15) is 14.7 Å². The zero-order valence-electron chi connectivity index (χ0n) is 18.3. The number of amides is 1. The summed E-state index contributed by atoms with van der Waals surface area (Å²) in [5.41, 5.74) is 6.01. The molecule has 34 heavy (non-hydrogen) atoms. The third-order valence-electron chi connectivity index (χ3n) is 6.03. The van der Waals surface area contributed by atoms with Crippen LogP contribution in [0.25, 0.3) is 16.8 Å². The number of nitrogens with one attached hydrogen (secondary N) is 1. The van der Waals surface area contributed by atoms with E-state index in [-0.39, 0.29) is 18.9 Å². The number of fused-ring (bicyclic) bond motifs is 3. The van der Waals surface area contributed by atoms with Crippen molar-refractivity contribution in [3.8, 4) is 16.8 Å². The van der Waals surface area contributed by atoms with E-state index in [2.05, 4.69) is 22.5 Å². The molecule has 1 aliphatic carbocycles. The molecule has 2 N–H and O–H groups in total. The Bertz CT molecular complexity index is 1290. The summed E-state index contributed by atoms with van der Waals surface area (Å²) >= 11 is 0. The fourth-order valence-electron chi connectivity index (χ4n) is 4.41. The number of hydrogen-bond donors (Lipinski definition) is 2. The lowest BCUT2D eigenvalue weighted by molar-refractivity contribution is -0.139. The van der Waals surface area contributed by atoms with E-state index >= 15 is 0 Å². The smallest absolute Gasteiger partial charge is 0.407 e. The molecular formula is C27H23N3O4. The topological polar surface area (TPSA) is 93.5 Å². The molecule has 0 bridgehead atoms. The predicted octanol–water partition coefficient (Wildman–Crippen LogP) is 4.41. The summed E-state index contributed by atoms with van der Waals surface area (Å²) in [4.78, 5) is 24.3. The zero-order chi connectivity index (χ0) is 23.5. The van der Waals surface area contributed by atoms with Crippen molar-refractivity contribution in [1.82, 2.24) is 15.1 Å². The number of rotatable bonds is 7. The average Bonchev–Trinajstić information content (AvgIpc) is 3.46. The fourth-order valence-corrected chi connectivity index (χ4v) is 4.41. The van der Waals surface area contributed by atoms with E-state index in [1.54, 1.807) is 17.1 Å². The van der Waals surface area contributed by atoms with E-state index in [1.165, 1.54) is 0 Å². The maximum absolute atomic E-state index is 12.5. The summed E-state index contributed by atoms with van der Waals surface area (Å²) in [6, 6.07) is 24.5. The van der Waals surface area contributed by atoms with Crippen LogP contribution in [-0.4, -0.2) is 39.6 Å². The van der Waals surface area contributed by atoms with Crippen LogP contribution in [-0.2, 0) is 16.0 Å². The number of carbonyl (C=O) groups excluding carboxylic acids is 1. The molecule has 3 aromatic carbocycles. The van der Waals surface area contributed by atoms with E-state index in [1.807, 2.05) is 66.7 Å². The van der Waals surface area contributed by atoms with Gasteiger partial charge < -0.3 is 15.2 Å². The number of benzene rings is 3. The van der Waals surface area contributed by atoms with Gasteiger partial charge in [0.15, 0.2) is 0 Å². The van der Waals surface area contributed by atoms with E-state index in [0.29, 0.717) is 5.56 Å². The number of carboxylic acids is 1. The molecule has 4 aromatic rings. The van der Waals surface area contributed by atoms with Crippen molar-refractivity contribution in [2.45, 2.75) is 18.4 Å². The highest BCUT2D eigenvalue weighted by atomic mass is 16.5. The van der Waals surface area contributed by atoms with Crippen molar-refractivity contribution in [2.24, 2.45) is 0 Å². The minimum atomic E-state index is -1.14. The second-order valence-electron chi connectivity index (χ2n) is 8.19. The number of aliphatic carboxylic acids is 1. The first-order chi connectivity index (χ1) is 16.6. The maximum Gasteiger partial charge on any atom is 0.407 e. The van der Waals surface area contributed by atoms with Crippen LogP contribution in [0.1, 0.15) is 22.6 Å². The zero-order valence-corrected chi connectivity index (χ0v) is 18.3. The van der Waals surface area contributed by atoms with Crippen molar-refractivity contribution < 1.29 is 19.4 Å². The Morgan fingerprint density at radius 2 is 1.56 bits per heavy atom. The quantitative estimate of drug-likeness (QED) is 0.432. The molecule has 7 heteroatoms. The van der Waals surface area contributed by atoms with Crippen LogP contribution < -0.4 is 5.32 Å². The second-order valence-corrected chi connectivity index (χ2v) is 8.19. The van der Waals surface area contributed by atoms with Gasteiger partial charge in [0.2, 0.25) is 0 Å². The van der Waals surface area contributed by atoms with Crippen LogP contribution in [0.4, 0.5) is 4.79 Å². The first-order valence-corrected chi connectivity index (χ1v) is 11.0. The first kappa shape index (κ1) is 21.5. The van der Waals surface area contributed by atoms with Gasteiger partial charge in [0.1, 0.15) is 12.6 Å². The van der Waals surface area contributed by atoms with Crippen molar-refractivity contribution in [3.63, 3.8) is 0 Å². The van der Waals surface area contributed by atoms with Crippen LogP contribution in [0.15, 0.2) is 91.3 Å². The van der Waals surface area contributed by atoms with Crippen LogP contribution >= 0.6 is 0 Å². The third-order valence-corrected chi connectivity index (χ3v) is 6.03. The summed E-state index contributed by atoms with van der Waals surface area (Å²) < 4.78 is 7.17. The van der Waals surface area contributed by atoms with Crippen LogP contribution in [0, 0.1) is 0 Å². The number of nitrogens with zero attached hydrogens (tertiary/aromatic N) is 2. The number of carboxylic acid groups (broad SMARTS) is 1. The standard InChI is InChI=1S/C27H23N3O4/c31-26(32)25(14-18-15-28-30(16-18)19-8-2-1-3-9-19)29-27(33)34-17-24-22-12-6-4-10-20(22)21-11-5-7-13-23(21)24/h1-13,15-16,24-25H,14,17H2,(H,29,33)(H,31,32). The number of para-hydroxylation sites is 1. The molecule has 0 saturated heterocycles. The normalized spacial score (nSPS) is 13.1. The maximum atomic E-state index is 12.5. The van der Waals surface area contributed by atoms with Crippen LogP contribution in [0.2, 0.25) is 0 Å². The van der Waals surface area contributed by atoms with Crippen LogP contribution in [0.5, 0.6) is 0 Å². The SMILES string of the molecule is O=C(NC(Cc1cnn(-c2ccccc2)c1)C(=O)O)OCC1c2ccccc2-c2ccccc21. The molecule has 0 spiro atoms. The monoisotopic (exact) mass is 453 g/mol. The van der Waals surface area contributed by atoms with Gasteiger partial charge in [0.25, 0.3) is 0 Å². The van der Waals surface area contributed by atoms with Gasteiger partial charge in [-0.15, -0.1) is 0 Å². The minimum absolute atomic E-state index is 0.0896. The lowest BCUT2D eigenvalue weighted by Crippen LogP contribution is -2.42. The molecule has 1 aromatic heterocycles. The Hall–Kier alpha value is -4.39. The number of alkyl carbamates (subject to hydrolysis) is 1. The third kappa shape index (κ3) is 4.28. The van der Waals surface area contributed by atoms with Crippen molar-refractivity contribution in [3.05, 3.63) is 108 Å². The van der Waals surface area contributed by atoms with E-state index in [0.717, 1.165) is 27.9 Å². The molecule has 0 radical (unpaired) electrons. The molecule has 1 atom stereocenters. The molecule has 0 aliphatic heterocycles. The Morgan fingerprint density at radius 1 is 0.941 bits per heavy atom. The number of ether oxygens (including phenoxy) is 1. The Balaban J connectivity index is 1.24. The molecule has 7 nitrogen and oxygen atoms in total. The van der Waals surface area contributed by atoms with Gasteiger partial charge in [-0.25, -0.2) is 14.3 Å². The van der Waals surface area contributed by atoms with Crippen molar-refractivity contribution in [2.75, 3.05) is 6.61 Å². The number of aromatic nitrogens is 2. The van der Waals surface area contributed by atoms with Gasteiger partial charge in [0, 0.05) is 18.5 Å². The molecule has 5 rings (SSSR count). The Labute approximate surface area is 196 Å². The van der Waals surface area contributed by atoms with E-state index < -0.39 is 18.1 Å². The summed E-state index contributed by atoms with van der Waals surface area (Å²) in [7, 11) is 0. The van der Waals surface area contributed by atoms with Gasteiger partial charge in [-0.3, -0.25) is 0 Å². The van der Waals surface area contributed by atoms with Gasteiger partial charge in [-0.05, 0) is 39.9 Å². The molecule has 1 heterocycles. The van der Waals surface area contributed by atoms with Gasteiger partial charge in [-0.1, -0.05) is 66.7 Å². The summed E-state index contributed by atoms with van der Waals surface area (Å²) in [5, 5.41) is 16.4. The molecule has 1 unspecified atom stereocenters. The number of carbonyl (C=O) groups is 2. The highest BCUT2D eigenvalue weighted by Crippen LogP contribution is 2.44. The van der Waals surface area contributed by atoms with Crippen molar-refractivity contribution >= 4 is 12.1 Å². The molecule has 0 fully saturated rings. The minimum Gasteiger partial charge on any atom is -0.480 e. The highest BCUT2D eigenvalue weighted by Gasteiger charge is 2.29. The summed E-state index contributed by atoms with van der Waals surface area (Å²) in [6.07, 6.45) is 2.68. The van der Waals surface area contributed by atoms with Crippen molar-refractivity contribution in [1.29, 1.82) is 0 Å². The molecule has 0 saturated carbocycles. The number of hydrogen-bond acceptors (Lipinski definition) is 4. The Morgan fingerprint density at radius 3 is 2.21 bits per heavy atom. The van der Waals surface area contributed by atoms with Gasteiger partial charge >= 0.3 is 12.1 Å². The van der Waals surface area contributed by atoms with Crippen LogP contribution in [0.3, 0.4) is 0 Å². The summed E-state index contributed by atoms with van der Waals surface area (Å²) in [5.74, 6) is -1.23. The molecule has 1 amide bonds. The van der Waals surface area contributed by atoms with E-state index in [4.69, 9.17) is 4.74 Å². The molecule has 1 aliphatic rings. The first-order valence-electron chi connectivity index (χ1n) is 11.0. The van der Waals surface area contributed by atoms with Gasteiger partial charge in [-0.2, -0.15) is 5.10 Å². The fraction of sp³-hybridized carbons (Fsp3) is 0.148. The van der Waals surface area contributed by atoms with Gasteiger partial charge in [0.05, 0.1) is 11.9 Å². The lowest BCUT2D eigenvalue weighted by Gasteiger charge is -2.17. The summed E-state index contributed by atoms with van der Waals surface area (Å²) in [6.45, 7) is 0.123.